The van der Waals surface area contributed by atoms with E-state index < -0.39 is 0 Å². The van der Waals surface area contributed by atoms with Crippen molar-refractivity contribution in [2.45, 2.75) is 27.2 Å². The predicted molar refractivity (Wildman–Crippen MR) is 95.5 cm³/mol. The number of aliphatic imine (C=N–C) groups is 1. The van der Waals surface area contributed by atoms with Gasteiger partial charge in [-0.2, -0.15) is 0 Å². The second-order valence-electron chi connectivity index (χ2n) is 5.38. The van der Waals surface area contributed by atoms with Gasteiger partial charge in [0.15, 0.2) is 5.78 Å². The van der Waals surface area contributed by atoms with Crippen molar-refractivity contribution in [2.75, 3.05) is 39.9 Å². The van der Waals surface area contributed by atoms with E-state index in [1.54, 1.807) is 14.0 Å². The molecule has 0 fully saturated rings. The molecule has 1 aliphatic heterocycles. The quantitative estimate of drug-likeness (QED) is 0.755. The average molecular weight is 319 g/mol. The molecule has 128 valence electrons. The number of allylic oxidation sites excluding steroid dienone is 3. The Hall–Kier alpha value is -1.88. The van der Waals surface area contributed by atoms with Crippen LogP contribution in [0.4, 0.5) is 0 Å². The third-order valence-electron chi connectivity index (χ3n) is 3.80. The van der Waals surface area contributed by atoms with Gasteiger partial charge in [-0.3, -0.25) is 4.79 Å². The van der Waals surface area contributed by atoms with Crippen molar-refractivity contribution in [3.05, 3.63) is 36.1 Å². The molecule has 0 aromatic carbocycles. The van der Waals surface area contributed by atoms with Gasteiger partial charge in [-0.15, -0.1) is 0 Å². The van der Waals surface area contributed by atoms with Gasteiger partial charge in [0, 0.05) is 44.4 Å². The Morgan fingerprint density at radius 3 is 2.78 bits per heavy atom. The summed E-state index contributed by atoms with van der Waals surface area (Å²) in [5, 5.41) is 0. The standard InChI is InChI=1S/C18H29N3O2/c1-6-20(12-13-23-5)18-19-14-17(16(4)22)11-9-8-10-15(3)21(18)7-2/h8-9,11H,3,6-7,10,12-14H2,1-2,4-5H3/b9-8-,17-11+,19-18-. The number of rotatable bonds is 6. The largest absolute Gasteiger partial charge is 0.383 e. The minimum absolute atomic E-state index is 0.0557. The lowest BCUT2D eigenvalue weighted by molar-refractivity contribution is -0.113. The molecule has 1 heterocycles. The van der Waals surface area contributed by atoms with E-state index in [0.29, 0.717) is 18.7 Å². The number of hydrogen-bond acceptors (Lipinski definition) is 5. The molecule has 0 saturated carbocycles. The van der Waals surface area contributed by atoms with Crippen molar-refractivity contribution in [3.63, 3.8) is 0 Å². The van der Waals surface area contributed by atoms with Gasteiger partial charge in [0.25, 0.3) is 0 Å². The molecular formula is C18H29N3O2. The van der Waals surface area contributed by atoms with Gasteiger partial charge in [-0.05, 0) is 20.8 Å². The Kier molecular flexibility index (Phi) is 8.33. The number of guanidine groups is 1. The zero-order valence-electron chi connectivity index (χ0n) is 14.8. The molecule has 5 nitrogen and oxygen atoms in total. The van der Waals surface area contributed by atoms with E-state index in [0.717, 1.165) is 37.7 Å². The van der Waals surface area contributed by atoms with Crippen molar-refractivity contribution in [1.82, 2.24) is 9.80 Å². The molecule has 0 aliphatic carbocycles. The molecule has 1 aliphatic rings. The van der Waals surface area contributed by atoms with Crippen LogP contribution in [0.5, 0.6) is 0 Å². The molecule has 0 saturated heterocycles. The lowest BCUT2D eigenvalue weighted by Gasteiger charge is -2.34. The molecule has 0 atom stereocenters. The van der Waals surface area contributed by atoms with Gasteiger partial charge in [-0.1, -0.05) is 24.8 Å². The zero-order valence-corrected chi connectivity index (χ0v) is 14.8. The first-order valence-corrected chi connectivity index (χ1v) is 8.15. The highest BCUT2D eigenvalue weighted by atomic mass is 16.5. The van der Waals surface area contributed by atoms with Crippen molar-refractivity contribution in [2.24, 2.45) is 4.99 Å². The van der Waals surface area contributed by atoms with E-state index >= 15 is 0 Å². The molecule has 0 aromatic rings. The highest BCUT2D eigenvalue weighted by molar-refractivity contribution is 5.94. The number of nitrogens with zero attached hydrogens (tertiary/aromatic N) is 3. The van der Waals surface area contributed by atoms with Gasteiger partial charge in [0.05, 0.1) is 13.2 Å². The summed E-state index contributed by atoms with van der Waals surface area (Å²) in [6, 6.07) is 0. The van der Waals surface area contributed by atoms with E-state index in [9.17, 15) is 4.79 Å². The summed E-state index contributed by atoms with van der Waals surface area (Å²) in [4.78, 5) is 20.8. The molecule has 0 bridgehead atoms. The Balaban J connectivity index is 3.20. The number of carbonyl (C=O) groups is 1. The maximum Gasteiger partial charge on any atom is 0.201 e. The minimum atomic E-state index is 0.0557. The Bertz CT molecular complexity index is 506. The highest BCUT2D eigenvalue weighted by Gasteiger charge is 2.19. The molecule has 0 unspecified atom stereocenters. The second-order valence-corrected chi connectivity index (χ2v) is 5.38. The first kappa shape index (κ1) is 19.2. The van der Waals surface area contributed by atoms with Gasteiger partial charge in [-0.25, -0.2) is 4.99 Å². The summed E-state index contributed by atoms with van der Waals surface area (Å²) < 4.78 is 5.21. The van der Waals surface area contributed by atoms with E-state index in [4.69, 9.17) is 9.73 Å². The molecule has 0 amide bonds. The highest BCUT2D eigenvalue weighted by Crippen LogP contribution is 2.14. The summed E-state index contributed by atoms with van der Waals surface area (Å²) in [6.45, 7) is 13.3. The van der Waals surface area contributed by atoms with Gasteiger partial charge >= 0.3 is 0 Å². The van der Waals surface area contributed by atoms with Crippen molar-refractivity contribution in [1.29, 1.82) is 0 Å². The zero-order chi connectivity index (χ0) is 17.2. The van der Waals surface area contributed by atoms with Gasteiger partial charge < -0.3 is 14.5 Å². The summed E-state index contributed by atoms with van der Waals surface area (Å²) in [7, 11) is 1.70. The summed E-state index contributed by atoms with van der Waals surface area (Å²) in [5.41, 5.74) is 1.71. The lowest BCUT2D eigenvalue weighted by Crippen LogP contribution is -2.45. The van der Waals surface area contributed by atoms with Crippen LogP contribution in [0, 0.1) is 0 Å². The van der Waals surface area contributed by atoms with Crippen LogP contribution in [-0.2, 0) is 9.53 Å². The monoisotopic (exact) mass is 319 g/mol. The number of Topliss-reactive ketones (excluding diaryl/α,β-unsaturated/α-hetero) is 1. The smallest absolute Gasteiger partial charge is 0.201 e. The van der Waals surface area contributed by atoms with Crippen LogP contribution in [0.15, 0.2) is 41.1 Å². The number of methoxy groups -OCH3 is 1. The van der Waals surface area contributed by atoms with Crippen LogP contribution in [0.3, 0.4) is 0 Å². The van der Waals surface area contributed by atoms with Gasteiger partial charge in [0.1, 0.15) is 0 Å². The number of hydrogen-bond donors (Lipinski definition) is 0. The minimum Gasteiger partial charge on any atom is -0.383 e. The maximum atomic E-state index is 11.8. The first-order valence-electron chi connectivity index (χ1n) is 8.15. The van der Waals surface area contributed by atoms with E-state index in [1.165, 1.54) is 0 Å². The third kappa shape index (κ3) is 5.67. The number of ether oxygens (including phenoxy) is 1. The van der Waals surface area contributed by atoms with Crippen molar-refractivity contribution >= 4 is 11.7 Å². The Labute approximate surface area is 140 Å². The van der Waals surface area contributed by atoms with E-state index in [-0.39, 0.29) is 5.78 Å². The fourth-order valence-electron chi connectivity index (χ4n) is 2.40. The molecule has 5 heteroatoms. The van der Waals surface area contributed by atoms with Crippen LogP contribution in [-0.4, -0.2) is 61.4 Å². The normalized spacial score (nSPS) is 21.9. The van der Waals surface area contributed by atoms with Crippen LogP contribution in [0.25, 0.3) is 0 Å². The number of likely N-dealkylation sites (N-methyl/N-ethyl adjacent to an activating group) is 1. The molecule has 0 N–H and O–H groups in total. The van der Waals surface area contributed by atoms with Gasteiger partial charge in [0.2, 0.25) is 5.96 Å². The third-order valence-corrected chi connectivity index (χ3v) is 3.80. The molecule has 23 heavy (non-hydrogen) atoms. The Morgan fingerprint density at radius 1 is 1.48 bits per heavy atom. The van der Waals surface area contributed by atoms with Crippen molar-refractivity contribution < 1.29 is 9.53 Å². The lowest BCUT2D eigenvalue weighted by atomic mass is 10.1. The molecule has 0 aromatic heterocycles. The van der Waals surface area contributed by atoms with E-state index in [1.807, 2.05) is 18.2 Å². The second kappa shape index (κ2) is 10.0. The molecule has 1 rings (SSSR count). The van der Waals surface area contributed by atoms with Crippen molar-refractivity contribution in [3.8, 4) is 0 Å². The summed E-state index contributed by atoms with van der Waals surface area (Å²) >= 11 is 0. The summed E-state index contributed by atoms with van der Waals surface area (Å²) in [6.07, 6.45) is 6.53. The van der Waals surface area contributed by atoms with Crippen LogP contribution in [0.2, 0.25) is 0 Å². The molecule has 0 radical (unpaired) electrons. The topological polar surface area (TPSA) is 45.1 Å². The fourth-order valence-corrected chi connectivity index (χ4v) is 2.40. The maximum absolute atomic E-state index is 11.8. The average Bonchev–Trinajstić information content (AvgIpc) is 2.53. The molecular weight excluding hydrogens is 290 g/mol. The SMILES string of the molecule is C=C1C/C=C\C=C(\C(C)=O)C/N=C(/N(CC)CCOC)N1CC. The predicted octanol–water partition coefficient (Wildman–Crippen LogP) is 2.62. The van der Waals surface area contributed by atoms with Crippen LogP contribution >= 0.6 is 0 Å². The number of carbonyl (C=O) groups excluding carboxylic acids is 1. The summed E-state index contributed by atoms with van der Waals surface area (Å²) in [5.74, 6) is 0.916. The first-order chi connectivity index (χ1) is 11.0. The van der Waals surface area contributed by atoms with Crippen LogP contribution in [0.1, 0.15) is 27.2 Å². The number of ketones is 1. The molecule has 0 spiro atoms. The Morgan fingerprint density at radius 2 is 2.22 bits per heavy atom. The van der Waals surface area contributed by atoms with Crippen LogP contribution < -0.4 is 0 Å². The van der Waals surface area contributed by atoms with E-state index in [2.05, 4.69) is 30.2 Å². The fraction of sp³-hybridized carbons (Fsp3) is 0.556.